The van der Waals surface area contributed by atoms with E-state index in [0.29, 0.717) is 0 Å². The van der Waals surface area contributed by atoms with Gasteiger partial charge in [0.15, 0.2) is 0 Å². The number of ether oxygens (including phenoxy) is 1. The Morgan fingerprint density at radius 1 is 1.43 bits per heavy atom. The van der Waals surface area contributed by atoms with Gasteiger partial charge in [0.25, 0.3) is 0 Å². The fourth-order valence-electron chi connectivity index (χ4n) is 1.07. The van der Waals surface area contributed by atoms with Crippen LogP contribution in [0.15, 0.2) is 18.5 Å². The third kappa shape index (κ3) is 3.00. The van der Waals surface area contributed by atoms with Crippen molar-refractivity contribution in [2.24, 2.45) is 5.73 Å². The molecule has 0 atom stereocenters. The minimum atomic E-state index is -0.363. The van der Waals surface area contributed by atoms with Crippen molar-refractivity contribution in [1.29, 1.82) is 0 Å². The molecule has 1 heterocycles. The zero-order valence-electron chi connectivity index (χ0n) is 9.08. The van der Waals surface area contributed by atoms with E-state index in [9.17, 15) is 0 Å². The fraction of sp³-hybridized carbons (Fsp3) is 0.545. The SMILES string of the molecule is CCCOc1cncc(C(C)(C)N)c1. The molecule has 0 aliphatic rings. The molecule has 14 heavy (non-hydrogen) atoms. The number of hydrogen-bond donors (Lipinski definition) is 1. The Morgan fingerprint density at radius 3 is 2.71 bits per heavy atom. The molecule has 0 bridgehead atoms. The normalized spacial score (nSPS) is 11.4. The predicted molar refractivity (Wildman–Crippen MR) is 57.2 cm³/mol. The maximum atomic E-state index is 5.96. The number of nitrogens with two attached hydrogens (primary N) is 1. The van der Waals surface area contributed by atoms with Crippen LogP contribution in [0.4, 0.5) is 0 Å². The molecule has 0 aliphatic carbocycles. The first kappa shape index (κ1) is 11.0. The van der Waals surface area contributed by atoms with Crippen molar-refractivity contribution in [3.8, 4) is 5.75 Å². The summed E-state index contributed by atoms with van der Waals surface area (Å²) >= 11 is 0. The Morgan fingerprint density at radius 2 is 2.14 bits per heavy atom. The maximum Gasteiger partial charge on any atom is 0.137 e. The van der Waals surface area contributed by atoms with E-state index in [2.05, 4.69) is 11.9 Å². The van der Waals surface area contributed by atoms with Gasteiger partial charge >= 0.3 is 0 Å². The van der Waals surface area contributed by atoms with E-state index in [1.54, 1.807) is 12.4 Å². The zero-order valence-corrected chi connectivity index (χ0v) is 9.08. The van der Waals surface area contributed by atoms with Crippen molar-refractivity contribution >= 4 is 0 Å². The molecule has 0 amide bonds. The van der Waals surface area contributed by atoms with Crippen molar-refractivity contribution in [1.82, 2.24) is 4.98 Å². The Balaban J connectivity index is 2.79. The molecule has 1 aromatic rings. The third-order valence-electron chi connectivity index (χ3n) is 1.93. The fourth-order valence-corrected chi connectivity index (χ4v) is 1.07. The highest BCUT2D eigenvalue weighted by Crippen LogP contribution is 2.20. The second kappa shape index (κ2) is 4.42. The Kier molecular flexibility index (Phi) is 3.47. The molecule has 0 fully saturated rings. The molecule has 0 saturated heterocycles. The van der Waals surface area contributed by atoms with E-state index in [1.165, 1.54) is 0 Å². The molecule has 0 aromatic carbocycles. The highest BCUT2D eigenvalue weighted by Gasteiger charge is 2.14. The maximum absolute atomic E-state index is 5.96. The topological polar surface area (TPSA) is 48.1 Å². The number of hydrogen-bond acceptors (Lipinski definition) is 3. The lowest BCUT2D eigenvalue weighted by Gasteiger charge is -2.19. The summed E-state index contributed by atoms with van der Waals surface area (Å²) in [4.78, 5) is 4.10. The van der Waals surface area contributed by atoms with Crippen LogP contribution >= 0.6 is 0 Å². The molecule has 0 radical (unpaired) electrons. The van der Waals surface area contributed by atoms with E-state index in [-0.39, 0.29) is 5.54 Å². The Bertz CT molecular complexity index is 292. The molecular weight excluding hydrogens is 176 g/mol. The van der Waals surface area contributed by atoms with Gasteiger partial charge in [-0.2, -0.15) is 0 Å². The Hall–Kier alpha value is -1.09. The van der Waals surface area contributed by atoms with Crippen LogP contribution in [0.3, 0.4) is 0 Å². The summed E-state index contributed by atoms with van der Waals surface area (Å²) in [5.74, 6) is 0.794. The van der Waals surface area contributed by atoms with Crippen LogP contribution in [0.5, 0.6) is 5.75 Å². The molecule has 0 saturated carbocycles. The van der Waals surface area contributed by atoms with E-state index in [4.69, 9.17) is 10.5 Å². The number of nitrogens with zero attached hydrogens (tertiary/aromatic N) is 1. The zero-order chi connectivity index (χ0) is 10.6. The minimum Gasteiger partial charge on any atom is -0.492 e. The van der Waals surface area contributed by atoms with E-state index in [1.807, 2.05) is 19.9 Å². The quantitative estimate of drug-likeness (QED) is 0.798. The molecule has 78 valence electrons. The number of pyridine rings is 1. The molecular formula is C11H18N2O. The van der Waals surface area contributed by atoms with E-state index >= 15 is 0 Å². The van der Waals surface area contributed by atoms with Crippen molar-refractivity contribution in [3.63, 3.8) is 0 Å². The second-order valence-electron chi connectivity index (χ2n) is 3.98. The molecule has 3 heteroatoms. The van der Waals surface area contributed by atoms with Gasteiger partial charge in [0.2, 0.25) is 0 Å². The Labute approximate surface area is 85.3 Å². The van der Waals surface area contributed by atoms with Gasteiger partial charge in [-0.05, 0) is 31.9 Å². The highest BCUT2D eigenvalue weighted by molar-refractivity contribution is 5.27. The van der Waals surface area contributed by atoms with Crippen LogP contribution in [0.25, 0.3) is 0 Å². The van der Waals surface area contributed by atoms with Crippen LogP contribution < -0.4 is 10.5 Å². The van der Waals surface area contributed by atoms with Gasteiger partial charge in [0.05, 0.1) is 12.8 Å². The summed E-state index contributed by atoms with van der Waals surface area (Å²) in [5.41, 5.74) is 6.59. The summed E-state index contributed by atoms with van der Waals surface area (Å²) in [6.45, 7) is 6.70. The van der Waals surface area contributed by atoms with Gasteiger partial charge in [-0.3, -0.25) is 4.98 Å². The summed E-state index contributed by atoms with van der Waals surface area (Å²) in [7, 11) is 0. The van der Waals surface area contributed by atoms with Crippen LogP contribution in [0.1, 0.15) is 32.8 Å². The molecule has 0 spiro atoms. The lowest BCUT2D eigenvalue weighted by molar-refractivity contribution is 0.315. The van der Waals surface area contributed by atoms with Crippen molar-refractivity contribution in [2.45, 2.75) is 32.7 Å². The minimum absolute atomic E-state index is 0.363. The van der Waals surface area contributed by atoms with Crippen LogP contribution in [-0.2, 0) is 5.54 Å². The summed E-state index contributed by atoms with van der Waals surface area (Å²) in [6, 6.07) is 1.95. The second-order valence-corrected chi connectivity index (χ2v) is 3.98. The van der Waals surface area contributed by atoms with Crippen molar-refractivity contribution in [2.75, 3.05) is 6.61 Å². The lowest BCUT2D eigenvalue weighted by atomic mass is 9.98. The monoisotopic (exact) mass is 194 g/mol. The van der Waals surface area contributed by atoms with Crippen molar-refractivity contribution in [3.05, 3.63) is 24.0 Å². The standard InChI is InChI=1S/C11H18N2O/c1-4-5-14-10-6-9(7-13-8-10)11(2,3)12/h6-8H,4-5,12H2,1-3H3. The largest absolute Gasteiger partial charge is 0.492 e. The first-order valence-electron chi connectivity index (χ1n) is 4.91. The lowest BCUT2D eigenvalue weighted by Crippen LogP contribution is -2.28. The van der Waals surface area contributed by atoms with Crippen molar-refractivity contribution < 1.29 is 4.74 Å². The smallest absolute Gasteiger partial charge is 0.137 e. The number of rotatable bonds is 4. The summed E-state index contributed by atoms with van der Waals surface area (Å²) < 4.78 is 5.47. The van der Waals surface area contributed by atoms with Crippen LogP contribution in [0, 0.1) is 0 Å². The summed E-state index contributed by atoms with van der Waals surface area (Å²) in [6.07, 6.45) is 4.49. The first-order chi connectivity index (χ1) is 6.54. The average molecular weight is 194 g/mol. The average Bonchev–Trinajstić information content (AvgIpc) is 2.14. The molecule has 1 rings (SSSR count). The summed E-state index contributed by atoms with van der Waals surface area (Å²) in [5, 5.41) is 0. The van der Waals surface area contributed by atoms with E-state index < -0.39 is 0 Å². The molecule has 2 N–H and O–H groups in total. The van der Waals surface area contributed by atoms with E-state index in [0.717, 1.165) is 24.3 Å². The first-order valence-corrected chi connectivity index (χ1v) is 4.91. The van der Waals surface area contributed by atoms with Gasteiger partial charge in [0, 0.05) is 11.7 Å². The van der Waals surface area contributed by atoms with Gasteiger partial charge in [-0.1, -0.05) is 6.92 Å². The van der Waals surface area contributed by atoms with Crippen LogP contribution in [-0.4, -0.2) is 11.6 Å². The molecule has 0 unspecified atom stereocenters. The predicted octanol–water partition coefficient (Wildman–Crippen LogP) is 2.06. The van der Waals surface area contributed by atoms with Gasteiger partial charge in [0.1, 0.15) is 5.75 Å². The molecule has 3 nitrogen and oxygen atoms in total. The number of aromatic nitrogens is 1. The third-order valence-corrected chi connectivity index (χ3v) is 1.93. The molecule has 0 aliphatic heterocycles. The molecule has 1 aromatic heterocycles. The van der Waals surface area contributed by atoms with Crippen LogP contribution in [0.2, 0.25) is 0 Å². The van der Waals surface area contributed by atoms with Gasteiger partial charge in [-0.25, -0.2) is 0 Å². The van der Waals surface area contributed by atoms with Gasteiger partial charge < -0.3 is 10.5 Å². The van der Waals surface area contributed by atoms with Gasteiger partial charge in [-0.15, -0.1) is 0 Å². The highest BCUT2D eigenvalue weighted by atomic mass is 16.5.